The van der Waals surface area contributed by atoms with Crippen LogP contribution < -0.4 is 34.0 Å². The van der Waals surface area contributed by atoms with Gasteiger partial charge in [-0.2, -0.15) is 0 Å². The summed E-state index contributed by atoms with van der Waals surface area (Å²) in [7, 11) is 8.13. The maximum Gasteiger partial charge on any atom is 0.361 e. The molecule has 0 unspecified atom stereocenters. The Kier molecular flexibility index (Phi) is 22.4. The van der Waals surface area contributed by atoms with Gasteiger partial charge in [-0.05, 0) is 12.8 Å². The van der Waals surface area contributed by atoms with Crippen LogP contribution in [0.15, 0.2) is 0 Å². The number of hydrogen-bond acceptors (Lipinski definition) is 4. The van der Waals surface area contributed by atoms with Gasteiger partial charge in [0.1, 0.15) is 13.1 Å². The monoisotopic (exact) mass is 560 g/mol. The summed E-state index contributed by atoms with van der Waals surface area (Å²) in [6.45, 7) is 7.67. The summed E-state index contributed by atoms with van der Waals surface area (Å²) in [5.41, 5.74) is 0. The van der Waals surface area contributed by atoms with Crippen molar-refractivity contribution in [3.63, 3.8) is 0 Å². The Morgan fingerprint density at radius 1 is 0.600 bits per heavy atom. The summed E-state index contributed by atoms with van der Waals surface area (Å²) < 4.78 is 11.8. The number of carbonyl (C=O) groups is 2. The van der Waals surface area contributed by atoms with Gasteiger partial charge in [-0.25, -0.2) is 9.59 Å². The molecule has 182 valence electrons. The number of unbranched alkanes of at least 4 members (excludes halogenated alkanes) is 6. The highest BCUT2D eigenvalue weighted by Gasteiger charge is 2.28. The first-order chi connectivity index (χ1) is 13.1. The average molecular weight is 562 g/mol. The van der Waals surface area contributed by atoms with Crippen molar-refractivity contribution in [3.05, 3.63) is 0 Å². The summed E-state index contributed by atoms with van der Waals surface area (Å²) in [6.07, 6.45) is 8.84. The Morgan fingerprint density at radius 3 is 1.23 bits per heavy atom. The summed E-state index contributed by atoms with van der Waals surface area (Å²) in [4.78, 5) is 24.1. The van der Waals surface area contributed by atoms with Crippen molar-refractivity contribution in [1.29, 1.82) is 0 Å². The molecule has 0 radical (unpaired) electrons. The number of likely N-dealkylation sites (N-methyl/N-ethyl adjacent to an activating group) is 2. The fourth-order valence-corrected chi connectivity index (χ4v) is 2.92. The van der Waals surface area contributed by atoms with Gasteiger partial charge >= 0.3 is 11.9 Å². The van der Waals surface area contributed by atoms with Gasteiger partial charge in [0, 0.05) is 0 Å². The molecule has 0 rings (SSSR count). The van der Waals surface area contributed by atoms with Crippen LogP contribution in [0.5, 0.6) is 0 Å². The zero-order chi connectivity index (χ0) is 21.5. The first kappa shape index (κ1) is 34.4. The largest absolute Gasteiger partial charge is 1.00 e. The fourth-order valence-electron chi connectivity index (χ4n) is 2.92. The summed E-state index contributed by atoms with van der Waals surface area (Å²) in [5.74, 6) is -0.281. The summed E-state index contributed by atoms with van der Waals surface area (Å²) >= 11 is 0. The second-order valence-corrected chi connectivity index (χ2v) is 9.20. The van der Waals surface area contributed by atoms with Crippen LogP contribution in [-0.2, 0) is 19.1 Å². The molecule has 30 heavy (non-hydrogen) atoms. The summed E-state index contributed by atoms with van der Waals surface area (Å²) in [5, 5.41) is 0. The zero-order valence-electron chi connectivity index (χ0n) is 20.2. The fraction of sp³-hybridized carbons (Fsp3) is 0.909. The Hall–Kier alpha value is -0.180. The van der Waals surface area contributed by atoms with Crippen LogP contribution in [0.1, 0.15) is 65.2 Å². The lowest BCUT2D eigenvalue weighted by Crippen LogP contribution is -3.00. The van der Waals surface area contributed by atoms with Crippen LogP contribution in [0.2, 0.25) is 0 Å². The first-order valence-corrected chi connectivity index (χ1v) is 11.1. The zero-order valence-corrected chi connectivity index (χ0v) is 23.4. The topological polar surface area (TPSA) is 52.6 Å². The molecule has 0 saturated carbocycles. The minimum absolute atomic E-state index is 0. The van der Waals surface area contributed by atoms with Gasteiger partial charge < -0.3 is 52.4 Å². The number of hydrogen-bond donors (Lipinski definition) is 0. The van der Waals surface area contributed by atoms with E-state index in [2.05, 4.69) is 13.8 Å². The SMILES string of the molecule is CCCCCCOC(=O)C[N+](C)(C)CC[N+](C)(C)CC(=O)OCCCCCC.[Br-].[Br-]. The van der Waals surface area contributed by atoms with Crippen LogP contribution in [0.4, 0.5) is 0 Å². The van der Waals surface area contributed by atoms with Crippen molar-refractivity contribution in [2.75, 3.05) is 67.6 Å². The molecular formula is C22H46Br2N2O4. The van der Waals surface area contributed by atoms with E-state index in [-0.39, 0.29) is 45.9 Å². The number of ether oxygens (including phenoxy) is 2. The molecule has 0 fully saturated rings. The van der Waals surface area contributed by atoms with Gasteiger partial charge in [0.25, 0.3) is 0 Å². The third kappa shape index (κ3) is 21.1. The molecule has 6 nitrogen and oxygen atoms in total. The van der Waals surface area contributed by atoms with Gasteiger partial charge in [-0.3, -0.25) is 0 Å². The van der Waals surface area contributed by atoms with Gasteiger partial charge in [0.15, 0.2) is 13.1 Å². The normalized spacial score (nSPS) is 11.3. The van der Waals surface area contributed by atoms with Crippen molar-refractivity contribution in [2.45, 2.75) is 65.2 Å². The molecule has 0 N–H and O–H groups in total. The van der Waals surface area contributed by atoms with E-state index in [0.29, 0.717) is 35.3 Å². The highest BCUT2D eigenvalue weighted by Crippen LogP contribution is 2.06. The Labute approximate surface area is 206 Å². The quantitative estimate of drug-likeness (QED) is 0.111. The van der Waals surface area contributed by atoms with Crippen LogP contribution in [0, 0.1) is 0 Å². The van der Waals surface area contributed by atoms with E-state index in [9.17, 15) is 9.59 Å². The van der Waals surface area contributed by atoms with E-state index < -0.39 is 0 Å². The molecule has 0 bridgehead atoms. The van der Waals surface area contributed by atoms with Gasteiger partial charge in [0.05, 0.1) is 41.4 Å². The Balaban J connectivity index is -0.00000364. The number of quaternary nitrogens is 2. The lowest BCUT2D eigenvalue weighted by Gasteiger charge is -2.34. The van der Waals surface area contributed by atoms with Gasteiger partial charge in [0.2, 0.25) is 0 Å². The smallest absolute Gasteiger partial charge is 0.361 e. The van der Waals surface area contributed by atoms with E-state index in [1.807, 2.05) is 28.2 Å². The van der Waals surface area contributed by atoms with Gasteiger partial charge in [-0.1, -0.05) is 52.4 Å². The van der Waals surface area contributed by atoms with Crippen molar-refractivity contribution < 1.29 is 62.0 Å². The number of nitrogens with zero attached hydrogens (tertiary/aromatic N) is 2. The van der Waals surface area contributed by atoms with Gasteiger partial charge in [-0.15, -0.1) is 0 Å². The molecule has 0 aromatic rings. The molecule has 0 atom stereocenters. The Morgan fingerprint density at radius 2 is 0.933 bits per heavy atom. The lowest BCUT2D eigenvalue weighted by molar-refractivity contribution is -0.939. The molecule has 0 saturated heterocycles. The number of esters is 2. The lowest BCUT2D eigenvalue weighted by atomic mass is 10.2. The third-order valence-electron chi connectivity index (χ3n) is 4.95. The van der Waals surface area contributed by atoms with Crippen LogP contribution >= 0.6 is 0 Å². The van der Waals surface area contributed by atoms with E-state index >= 15 is 0 Å². The highest BCUT2D eigenvalue weighted by molar-refractivity contribution is 5.70. The second-order valence-electron chi connectivity index (χ2n) is 9.20. The van der Waals surface area contributed by atoms with E-state index in [4.69, 9.17) is 9.47 Å². The minimum atomic E-state index is -0.140. The van der Waals surface area contributed by atoms with Crippen molar-refractivity contribution in [1.82, 2.24) is 0 Å². The molecule has 0 aliphatic rings. The molecule has 0 spiro atoms. The van der Waals surface area contributed by atoms with E-state index in [1.54, 1.807) is 0 Å². The molecule has 0 aromatic carbocycles. The number of halogens is 2. The molecule has 8 heteroatoms. The summed E-state index contributed by atoms with van der Waals surface area (Å²) in [6, 6.07) is 0. The van der Waals surface area contributed by atoms with Crippen LogP contribution in [0.25, 0.3) is 0 Å². The number of rotatable bonds is 17. The van der Waals surface area contributed by atoms with Crippen LogP contribution in [-0.4, -0.2) is 88.5 Å². The van der Waals surface area contributed by atoms with Crippen LogP contribution in [0.3, 0.4) is 0 Å². The van der Waals surface area contributed by atoms with Crippen molar-refractivity contribution >= 4 is 11.9 Å². The molecule has 0 aromatic heterocycles. The molecule has 0 aliphatic carbocycles. The predicted molar refractivity (Wildman–Crippen MR) is 114 cm³/mol. The maximum atomic E-state index is 12.1. The van der Waals surface area contributed by atoms with Crippen molar-refractivity contribution in [2.24, 2.45) is 0 Å². The standard InChI is InChI=1S/C22H46N2O4.2BrH/c1-7-9-11-13-17-27-21(25)19-23(3,4)15-16-24(5,6)20-22(26)28-18-14-12-10-8-2;;/h7-20H2,1-6H3;2*1H/q+2;;/p-2. The maximum absolute atomic E-state index is 12.1. The Bertz CT molecular complexity index is 407. The van der Waals surface area contributed by atoms with E-state index in [1.165, 1.54) is 25.7 Å². The molecule has 0 aliphatic heterocycles. The average Bonchev–Trinajstić information content (AvgIpc) is 2.59. The predicted octanol–water partition coefficient (Wildman–Crippen LogP) is -2.61. The minimum Gasteiger partial charge on any atom is -1.00 e. The molecule has 0 amide bonds. The van der Waals surface area contributed by atoms with E-state index in [0.717, 1.165) is 38.8 Å². The first-order valence-electron chi connectivity index (χ1n) is 11.1. The third-order valence-corrected chi connectivity index (χ3v) is 4.95. The number of carbonyl (C=O) groups excluding carboxylic acids is 2. The van der Waals surface area contributed by atoms with Crippen molar-refractivity contribution in [3.8, 4) is 0 Å². The molecular weight excluding hydrogens is 516 g/mol. The second kappa shape index (κ2) is 19.5. The molecule has 0 heterocycles. The highest BCUT2D eigenvalue weighted by atomic mass is 79.9.